The molecule has 0 aliphatic carbocycles. The SMILES string of the molecule is CCOc1ccc(-c2csc(NC(=O)COc3ccc(Cl)cc3C)n2)cc1. The van der Waals surface area contributed by atoms with Crippen LogP contribution < -0.4 is 14.8 Å². The third-order valence-electron chi connectivity index (χ3n) is 3.71. The van der Waals surface area contributed by atoms with Crippen LogP contribution in [-0.2, 0) is 4.79 Å². The van der Waals surface area contributed by atoms with E-state index in [-0.39, 0.29) is 12.5 Å². The maximum atomic E-state index is 12.1. The summed E-state index contributed by atoms with van der Waals surface area (Å²) >= 11 is 7.28. The van der Waals surface area contributed by atoms with Crippen LogP contribution >= 0.6 is 22.9 Å². The Labute approximate surface area is 166 Å². The Bertz CT molecular complexity index is 925. The standard InChI is InChI=1S/C20H19ClN2O3S/c1-3-25-16-7-4-14(5-8-16)17-12-27-20(22-17)23-19(24)11-26-18-9-6-15(21)10-13(18)2/h4-10,12H,3,11H2,1-2H3,(H,22,23,24). The predicted octanol–water partition coefficient (Wildman–Crippen LogP) is 5.19. The number of amides is 1. The number of thiazole rings is 1. The van der Waals surface area contributed by atoms with Gasteiger partial charge in [0.2, 0.25) is 0 Å². The summed E-state index contributed by atoms with van der Waals surface area (Å²) in [5.41, 5.74) is 2.64. The molecule has 0 atom stereocenters. The molecule has 0 fully saturated rings. The largest absolute Gasteiger partial charge is 0.494 e. The molecule has 0 spiro atoms. The van der Waals surface area contributed by atoms with E-state index < -0.39 is 0 Å². The van der Waals surface area contributed by atoms with Gasteiger partial charge in [-0.1, -0.05) is 11.6 Å². The molecule has 0 radical (unpaired) electrons. The van der Waals surface area contributed by atoms with Crippen LogP contribution in [0.5, 0.6) is 11.5 Å². The van der Waals surface area contributed by atoms with Gasteiger partial charge in [0.1, 0.15) is 11.5 Å². The van der Waals surface area contributed by atoms with Crippen molar-refractivity contribution in [2.45, 2.75) is 13.8 Å². The summed E-state index contributed by atoms with van der Waals surface area (Å²) in [6.45, 7) is 4.36. The second kappa shape index (κ2) is 8.88. The zero-order valence-corrected chi connectivity index (χ0v) is 16.6. The van der Waals surface area contributed by atoms with Gasteiger partial charge in [-0.2, -0.15) is 0 Å². The highest BCUT2D eigenvalue weighted by Crippen LogP contribution is 2.27. The number of benzene rings is 2. The van der Waals surface area contributed by atoms with Crippen LogP contribution in [0.1, 0.15) is 12.5 Å². The van der Waals surface area contributed by atoms with Crippen molar-refractivity contribution in [3.63, 3.8) is 0 Å². The van der Waals surface area contributed by atoms with E-state index >= 15 is 0 Å². The maximum Gasteiger partial charge on any atom is 0.264 e. The minimum atomic E-state index is -0.267. The van der Waals surface area contributed by atoms with Gasteiger partial charge in [-0.15, -0.1) is 11.3 Å². The predicted molar refractivity (Wildman–Crippen MR) is 109 cm³/mol. The van der Waals surface area contributed by atoms with Gasteiger partial charge >= 0.3 is 0 Å². The molecule has 0 aliphatic heterocycles. The van der Waals surface area contributed by atoms with E-state index in [1.54, 1.807) is 18.2 Å². The lowest BCUT2D eigenvalue weighted by atomic mass is 10.2. The summed E-state index contributed by atoms with van der Waals surface area (Å²) in [7, 11) is 0. The second-order valence-corrected chi connectivity index (χ2v) is 7.04. The molecule has 1 amide bonds. The number of nitrogens with one attached hydrogen (secondary N) is 1. The first-order valence-electron chi connectivity index (χ1n) is 8.42. The van der Waals surface area contributed by atoms with Crippen molar-refractivity contribution in [2.75, 3.05) is 18.5 Å². The molecule has 7 heteroatoms. The van der Waals surface area contributed by atoms with Crippen molar-refractivity contribution in [3.05, 3.63) is 58.4 Å². The zero-order valence-electron chi connectivity index (χ0n) is 15.0. The third-order valence-corrected chi connectivity index (χ3v) is 4.70. The molecule has 3 rings (SSSR count). The van der Waals surface area contributed by atoms with Crippen molar-refractivity contribution < 1.29 is 14.3 Å². The second-order valence-electron chi connectivity index (χ2n) is 5.74. The summed E-state index contributed by atoms with van der Waals surface area (Å²) in [6, 6.07) is 13.0. The van der Waals surface area contributed by atoms with E-state index in [9.17, 15) is 4.79 Å². The number of rotatable bonds is 7. The van der Waals surface area contributed by atoms with Gasteiger partial charge in [0.15, 0.2) is 11.7 Å². The van der Waals surface area contributed by atoms with Crippen molar-refractivity contribution in [3.8, 4) is 22.8 Å². The minimum absolute atomic E-state index is 0.0968. The van der Waals surface area contributed by atoms with Crippen LogP contribution in [0, 0.1) is 6.92 Å². The fourth-order valence-electron chi connectivity index (χ4n) is 2.43. The summed E-state index contributed by atoms with van der Waals surface area (Å²) in [4.78, 5) is 16.6. The van der Waals surface area contributed by atoms with E-state index in [1.165, 1.54) is 11.3 Å². The zero-order chi connectivity index (χ0) is 19.2. The lowest BCUT2D eigenvalue weighted by Gasteiger charge is -2.08. The average molecular weight is 403 g/mol. The quantitative estimate of drug-likeness (QED) is 0.590. The Balaban J connectivity index is 1.57. The Kier molecular flexibility index (Phi) is 6.32. The number of hydrogen-bond donors (Lipinski definition) is 1. The van der Waals surface area contributed by atoms with Gasteiger partial charge in [-0.05, 0) is 61.9 Å². The Morgan fingerprint density at radius 1 is 1.19 bits per heavy atom. The minimum Gasteiger partial charge on any atom is -0.494 e. The number of aryl methyl sites for hydroxylation is 1. The highest BCUT2D eigenvalue weighted by Gasteiger charge is 2.10. The fourth-order valence-corrected chi connectivity index (χ4v) is 3.39. The van der Waals surface area contributed by atoms with E-state index in [4.69, 9.17) is 21.1 Å². The van der Waals surface area contributed by atoms with E-state index in [1.807, 2.05) is 43.5 Å². The molecule has 0 aliphatic rings. The molecule has 27 heavy (non-hydrogen) atoms. The van der Waals surface area contributed by atoms with E-state index in [0.717, 1.165) is 22.6 Å². The van der Waals surface area contributed by atoms with Crippen molar-refractivity contribution in [1.82, 2.24) is 4.98 Å². The molecule has 1 heterocycles. The monoisotopic (exact) mass is 402 g/mol. The summed E-state index contributed by atoms with van der Waals surface area (Å²) < 4.78 is 11.0. The van der Waals surface area contributed by atoms with Crippen LogP contribution in [0.2, 0.25) is 5.02 Å². The molecule has 0 unspecified atom stereocenters. The van der Waals surface area contributed by atoms with Crippen molar-refractivity contribution >= 4 is 34.0 Å². The molecular weight excluding hydrogens is 384 g/mol. The maximum absolute atomic E-state index is 12.1. The van der Waals surface area contributed by atoms with Gasteiger partial charge in [0.05, 0.1) is 12.3 Å². The number of carbonyl (C=O) groups is 1. The number of nitrogens with zero attached hydrogens (tertiary/aromatic N) is 1. The molecule has 1 N–H and O–H groups in total. The molecule has 0 saturated heterocycles. The van der Waals surface area contributed by atoms with Crippen LogP contribution in [0.25, 0.3) is 11.3 Å². The first kappa shape index (κ1) is 19.2. The molecule has 140 valence electrons. The van der Waals surface area contributed by atoms with Crippen LogP contribution in [0.4, 0.5) is 5.13 Å². The number of hydrogen-bond acceptors (Lipinski definition) is 5. The van der Waals surface area contributed by atoms with Crippen molar-refractivity contribution in [1.29, 1.82) is 0 Å². The number of anilines is 1. The third kappa shape index (κ3) is 5.21. The molecular formula is C20H19ClN2O3S. The van der Waals surface area contributed by atoms with Gasteiger partial charge in [0.25, 0.3) is 5.91 Å². The fraction of sp³-hybridized carbons (Fsp3) is 0.200. The van der Waals surface area contributed by atoms with Crippen LogP contribution in [-0.4, -0.2) is 24.1 Å². The lowest BCUT2D eigenvalue weighted by molar-refractivity contribution is -0.118. The molecule has 2 aromatic carbocycles. The number of ether oxygens (including phenoxy) is 2. The molecule has 1 aromatic heterocycles. The summed E-state index contributed by atoms with van der Waals surface area (Å²) in [5, 5.41) is 5.82. The summed E-state index contributed by atoms with van der Waals surface area (Å²) in [5.74, 6) is 1.18. The van der Waals surface area contributed by atoms with E-state index in [2.05, 4.69) is 10.3 Å². The van der Waals surface area contributed by atoms with Gasteiger partial charge in [0, 0.05) is 16.0 Å². The summed E-state index contributed by atoms with van der Waals surface area (Å²) in [6.07, 6.45) is 0. The Morgan fingerprint density at radius 3 is 2.67 bits per heavy atom. The molecule has 0 saturated carbocycles. The van der Waals surface area contributed by atoms with E-state index in [0.29, 0.717) is 22.5 Å². The molecule has 0 bridgehead atoms. The smallest absolute Gasteiger partial charge is 0.264 e. The number of carbonyl (C=O) groups excluding carboxylic acids is 1. The van der Waals surface area contributed by atoms with Crippen molar-refractivity contribution in [2.24, 2.45) is 0 Å². The highest BCUT2D eigenvalue weighted by molar-refractivity contribution is 7.14. The number of aromatic nitrogens is 1. The Hall–Kier alpha value is -2.57. The topological polar surface area (TPSA) is 60.5 Å². The number of halogens is 1. The highest BCUT2D eigenvalue weighted by atomic mass is 35.5. The van der Waals surface area contributed by atoms with Gasteiger partial charge in [-0.3, -0.25) is 10.1 Å². The first-order chi connectivity index (χ1) is 13.0. The average Bonchev–Trinajstić information content (AvgIpc) is 3.10. The molecule has 3 aromatic rings. The van der Waals surface area contributed by atoms with Gasteiger partial charge < -0.3 is 9.47 Å². The molecule has 5 nitrogen and oxygen atoms in total. The Morgan fingerprint density at radius 2 is 1.96 bits per heavy atom. The first-order valence-corrected chi connectivity index (χ1v) is 9.68. The van der Waals surface area contributed by atoms with Crippen LogP contribution in [0.3, 0.4) is 0 Å². The van der Waals surface area contributed by atoms with Crippen LogP contribution in [0.15, 0.2) is 47.8 Å². The lowest BCUT2D eigenvalue weighted by Crippen LogP contribution is -2.20. The normalized spacial score (nSPS) is 10.5. The van der Waals surface area contributed by atoms with Gasteiger partial charge in [-0.25, -0.2) is 4.98 Å².